The van der Waals surface area contributed by atoms with E-state index in [0.717, 1.165) is 5.69 Å². The maximum absolute atomic E-state index is 12.8. The fraction of sp³-hybridized carbons (Fsp3) is 0.190. The average Bonchev–Trinajstić information content (AvgIpc) is 3.24. The first kappa shape index (κ1) is 18.3. The molecule has 1 saturated heterocycles. The van der Waals surface area contributed by atoms with Crippen LogP contribution in [0.25, 0.3) is 5.69 Å². The van der Waals surface area contributed by atoms with Gasteiger partial charge >= 0.3 is 0 Å². The van der Waals surface area contributed by atoms with Gasteiger partial charge in [-0.1, -0.05) is 35.9 Å². The molecule has 6 nitrogen and oxygen atoms in total. The minimum absolute atomic E-state index is 0.0634. The van der Waals surface area contributed by atoms with Crippen LogP contribution in [-0.2, 0) is 0 Å². The smallest absolute Gasteiger partial charge is 0.257 e. The van der Waals surface area contributed by atoms with Crippen molar-refractivity contribution in [1.82, 2.24) is 19.6 Å². The van der Waals surface area contributed by atoms with Gasteiger partial charge in [-0.15, -0.1) is 0 Å². The van der Waals surface area contributed by atoms with Gasteiger partial charge in [-0.05, 0) is 30.3 Å². The molecule has 0 aliphatic carbocycles. The Balaban J connectivity index is 1.39. The Morgan fingerprint density at radius 1 is 0.821 bits per heavy atom. The van der Waals surface area contributed by atoms with Gasteiger partial charge < -0.3 is 9.80 Å². The van der Waals surface area contributed by atoms with E-state index in [1.165, 1.54) is 0 Å². The van der Waals surface area contributed by atoms with Gasteiger partial charge in [0.25, 0.3) is 11.8 Å². The Hall–Kier alpha value is -3.12. The summed E-state index contributed by atoms with van der Waals surface area (Å²) in [5.74, 6) is -0.136. The number of hydrogen-bond acceptors (Lipinski definition) is 3. The van der Waals surface area contributed by atoms with Gasteiger partial charge in [0.2, 0.25) is 0 Å². The van der Waals surface area contributed by atoms with Crippen LogP contribution in [0.4, 0.5) is 0 Å². The van der Waals surface area contributed by atoms with Crippen LogP contribution in [0, 0.1) is 0 Å². The van der Waals surface area contributed by atoms with Gasteiger partial charge in [0.1, 0.15) is 0 Å². The van der Waals surface area contributed by atoms with E-state index in [9.17, 15) is 9.59 Å². The van der Waals surface area contributed by atoms with E-state index in [-0.39, 0.29) is 11.8 Å². The normalized spacial score (nSPS) is 14.2. The second-order valence-corrected chi connectivity index (χ2v) is 7.04. The molecule has 0 unspecified atom stereocenters. The lowest BCUT2D eigenvalue weighted by Gasteiger charge is -2.34. The summed E-state index contributed by atoms with van der Waals surface area (Å²) in [7, 11) is 0. The third-order valence-corrected chi connectivity index (χ3v) is 5.01. The van der Waals surface area contributed by atoms with Gasteiger partial charge in [0.15, 0.2) is 0 Å². The molecule has 0 bridgehead atoms. The fourth-order valence-electron chi connectivity index (χ4n) is 3.25. The van der Waals surface area contributed by atoms with Crippen LogP contribution < -0.4 is 0 Å². The standard InChI is InChI=1S/C21H19ClN4O2/c22-18-6-4-5-16(13-18)20(27)24-9-11-25(12-10-24)21(28)17-14-23-26(15-17)19-7-2-1-3-8-19/h1-8,13-15H,9-12H2. The predicted molar refractivity (Wildman–Crippen MR) is 107 cm³/mol. The summed E-state index contributed by atoms with van der Waals surface area (Å²) < 4.78 is 1.69. The maximum atomic E-state index is 12.8. The minimum atomic E-state index is -0.0722. The number of carbonyl (C=O) groups excluding carboxylic acids is 2. The van der Waals surface area contributed by atoms with Crippen molar-refractivity contribution in [2.75, 3.05) is 26.2 Å². The molecule has 7 heteroatoms. The highest BCUT2D eigenvalue weighted by molar-refractivity contribution is 6.30. The Morgan fingerprint density at radius 3 is 2.11 bits per heavy atom. The maximum Gasteiger partial charge on any atom is 0.257 e. The first-order chi connectivity index (χ1) is 13.6. The lowest BCUT2D eigenvalue weighted by Crippen LogP contribution is -2.50. The Kier molecular flexibility index (Phi) is 5.12. The van der Waals surface area contributed by atoms with Crippen molar-refractivity contribution in [2.24, 2.45) is 0 Å². The highest BCUT2D eigenvalue weighted by Gasteiger charge is 2.26. The fourth-order valence-corrected chi connectivity index (χ4v) is 3.44. The van der Waals surface area contributed by atoms with Gasteiger partial charge in [-0.2, -0.15) is 5.10 Å². The first-order valence-corrected chi connectivity index (χ1v) is 9.44. The van der Waals surface area contributed by atoms with E-state index in [1.54, 1.807) is 51.1 Å². The second-order valence-electron chi connectivity index (χ2n) is 6.60. The molecule has 28 heavy (non-hydrogen) atoms. The molecule has 2 amide bonds. The number of para-hydroxylation sites is 1. The summed E-state index contributed by atoms with van der Waals surface area (Å²) in [4.78, 5) is 28.9. The number of rotatable bonds is 3. The quantitative estimate of drug-likeness (QED) is 0.685. The molecular formula is C21H19ClN4O2. The predicted octanol–water partition coefficient (Wildman–Crippen LogP) is 3.12. The SMILES string of the molecule is O=C(c1cccc(Cl)c1)N1CCN(C(=O)c2cnn(-c3ccccc3)c2)CC1. The highest BCUT2D eigenvalue weighted by Crippen LogP contribution is 2.16. The lowest BCUT2D eigenvalue weighted by molar-refractivity contribution is 0.0535. The van der Waals surface area contributed by atoms with Crippen molar-refractivity contribution in [1.29, 1.82) is 0 Å². The zero-order chi connectivity index (χ0) is 19.5. The number of hydrogen-bond donors (Lipinski definition) is 0. The number of piperazine rings is 1. The van der Waals surface area contributed by atoms with E-state index < -0.39 is 0 Å². The van der Waals surface area contributed by atoms with Crippen LogP contribution >= 0.6 is 11.6 Å². The van der Waals surface area contributed by atoms with Crippen molar-refractivity contribution in [2.45, 2.75) is 0 Å². The molecule has 2 aromatic carbocycles. The zero-order valence-electron chi connectivity index (χ0n) is 15.2. The van der Waals surface area contributed by atoms with E-state index in [4.69, 9.17) is 11.6 Å². The third-order valence-electron chi connectivity index (χ3n) is 4.78. The van der Waals surface area contributed by atoms with Crippen LogP contribution in [-0.4, -0.2) is 57.6 Å². The van der Waals surface area contributed by atoms with E-state index in [1.807, 2.05) is 30.3 Å². The Labute approximate surface area is 167 Å². The molecule has 1 fully saturated rings. The van der Waals surface area contributed by atoms with Crippen LogP contribution in [0.5, 0.6) is 0 Å². The molecule has 0 saturated carbocycles. The number of carbonyl (C=O) groups is 2. The zero-order valence-corrected chi connectivity index (χ0v) is 15.9. The third kappa shape index (κ3) is 3.77. The van der Waals surface area contributed by atoms with Gasteiger partial charge in [-0.3, -0.25) is 9.59 Å². The molecule has 3 aromatic rings. The molecule has 1 aliphatic rings. The molecule has 0 spiro atoms. The summed E-state index contributed by atoms with van der Waals surface area (Å²) in [6, 6.07) is 16.6. The van der Waals surface area contributed by atoms with Crippen LogP contribution in [0.2, 0.25) is 5.02 Å². The molecular weight excluding hydrogens is 376 g/mol. The number of amides is 2. The van der Waals surface area contributed by atoms with Crippen LogP contribution in [0.15, 0.2) is 67.0 Å². The number of nitrogens with zero attached hydrogens (tertiary/aromatic N) is 4. The average molecular weight is 395 g/mol. The van der Waals surface area contributed by atoms with Gasteiger partial charge in [0.05, 0.1) is 17.4 Å². The van der Waals surface area contributed by atoms with Crippen molar-refractivity contribution in [3.8, 4) is 5.69 Å². The highest BCUT2D eigenvalue weighted by atomic mass is 35.5. The first-order valence-electron chi connectivity index (χ1n) is 9.06. The van der Waals surface area contributed by atoms with Gasteiger partial charge in [-0.25, -0.2) is 4.68 Å². The van der Waals surface area contributed by atoms with Crippen molar-refractivity contribution >= 4 is 23.4 Å². The molecule has 2 heterocycles. The Morgan fingerprint density at radius 2 is 1.46 bits per heavy atom. The minimum Gasteiger partial charge on any atom is -0.335 e. The Bertz CT molecular complexity index is 994. The molecule has 142 valence electrons. The monoisotopic (exact) mass is 394 g/mol. The summed E-state index contributed by atoms with van der Waals surface area (Å²) in [5.41, 5.74) is 2.01. The summed E-state index contributed by atoms with van der Waals surface area (Å²) in [5, 5.41) is 4.82. The van der Waals surface area contributed by atoms with Crippen molar-refractivity contribution < 1.29 is 9.59 Å². The summed E-state index contributed by atoms with van der Waals surface area (Å²) >= 11 is 5.98. The number of benzene rings is 2. The van der Waals surface area contributed by atoms with Crippen LogP contribution in [0.1, 0.15) is 20.7 Å². The number of halogens is 1. The number of aromatic nitrogens is 2. The van der Waals surface area contributed by atoms with E-state index >= 15 is 0 Å². The molecule has 1 aliphatic heterocycles. The van der Waals surface area contributed by atoms with Crippen LogP contribution in [0.3, 0.4) is 0 Å². The molecule has 1 aromatic heterocycles. The van der Waals surface area contributed by atoms with Crippen molar-refractivity contribution in [3.05, 3.63) is 83.1 Å². The van der Waals surface area contributed by atoms with E-state index in [0.29, 0.717) is 42.3 Å². The topological polar surface area (TPSA) is 58.4 Å². The van der Waals surface area contributed by atoms with Crippen molar-refractivity contribution in [3.63, 3.8) is 0 Å². The molecule has 0 atom stereocenters. The second kappa shape index (κ2) is 7.86. The largest absolute Gasteiger partial charge is 0.335 e. The molecule has 0 N–H and O–H groups in total. The lowest BCUT2D eigenvalue weighted by atomic mass is 10.1. The molecule has 4 rings (SSSR count). The van der Waals surface area contributed by atoms with Gasteiger partial charge in [0, 0.05) is 43.0 Å². The van der Waals surface area contributed by atoms with E-state index in [2.05, 4.69) is 5.10 Å². The summed E-state index contributed by atoms with van der Waals surface area (Å²) in [6.07, 6.45) is 3.32. The molecule has 0 radical (unpaired) electrons. The summed E-state index contributed by atoms with van der Waals surface area (Å²) in [6.45, 7) is 1.96.